The number of amides is 1. The minimum Gasteiger partial charge on any atom is -0.333 e. The maximum Gasteiger partial charge on any atom is 0.254 e. The van der Waals surface area contributed by atoms with Crippen LogP contribution in [0.1, 0.15) is 29.8 Å². The van der Waals surface area contributed by atoms with Crippen molar-refractivity contribution in [2.45, 2.75) is 31.7 Å². The first-order valence-corrected chi connectivity index (χ1v) is 8.65. The van der Waals surface area contributed by atoms with E-state index in [-0.39, 0.29) is 24.4 Å². The van der Waals surface area contributed by atoms with Crippen LogP contribution in [0, 0.1) is 0 Å². The van der Waals surface area contributed by atoms with Crippen molar-refractivity contribution in [2.75, 3.05) is 19.3 Å². The molecule has 2 rings (SSSR count). The van der Waals surface area contributed by atoms with Gasteiger partial charge in [0.2, 0.25) is 0 Å². The normalized spacial score (nSPS) is 23.3. The second-order valence-corrected chi connectivity index (χ2v) is 6.83. The van der Waals surface area contributed by atoms with E-state index in [0.29, 0.717) is 17.4 Å². The summed E-state index contributed by atoms with van der Waals surface area (Å²) in [5, 5.41) is 3.37. The lowest BCUT2D eigenvalue weighted by molar-refractivity contribution is 0.0603. The van der Waals surface area contributed by atoms with Gasteiger partial charge in [-0.2, -0.15) is 0 Å². The molecule has 1 fully saturated rings. The van der Waals surface area contributed by atoms with E-state index in [1.807, 2.05) is 29.2 Å². The molecule has 0 aliphatic carbocycles. The van der Waals surface area contributed by atoms with Gasteiger partial charge in [-0.3, -0.25) is 9.00 Å². The summed E-state index contributed by atoms with van der Waals surface area (Å²) in [6.07, 6.45) is 1.68. The molecule has 3 atom stereocenters. The van der Waals surface area contributed by atoms with Crippen LogP contribution in [-0.4, -0.2) is 46.4 Å². The molecule has 1 amide bonds. The first-order chi connectivity index (χ1) is 9.49. The Bertz CT molecular complexity index is 524. The summed E-state index contributed by atoms with van der Waals surface area (Å²) >= 11 is 0. The molecular formula is C15H23ClN2O2S. The Morgan fingerprint density at radius 2 is 2.14 bits per heavy atom. The fourth-order valence-electron chi connectivity index (χ4n) is 2.54. The second-order valence-electron chi connectivity index (χ2n) is 5.40. The third kappa shape index (κ3) is 4.53. The van der Waals surface area contributed by atoms with Crippen molar-refractivity contribution in [3.63, 3.8) is 0 Å². The Morgan fingerprint density at radius 3 is 2.81 bits per heavy atom. The molecule has 1 N–H and O–H groups in total. The quantitative estimate of drug-likeness (QED) is 0.919. The van der Waals surface area contributed by atoms with Gasteiger partial charge < -0.3 is 10.2 Å². The number of nitrogens with zero attached hydrogens (tertiary/aromatic N) is 1. The van der Waals surface area contributed by atoms with Gasteiger partial charge in [0.1, 0.15) is 0 Å². The third-order valence-corrected chi connectivity index (χ3v) is 4.58. The first-order valence-electron chi connectivity index (χ1n) is 6.92. The number of carbonyl (C=O) groups excluding carboxylic acids is 1. The summed E-state index contributed by atoms with van der Waals surface area (Å²) in [5.41, 5.74) is 1.64. The van der Waals surface area contributed by atoms with Crippen molar-refractivity contribution in [2.24, 2.45) is 0 Å². The highest BCUT2D eigenvalue weighted by Gasteiger charge is 2.28. The zero-order valence-corrected chi connectivity index (χ0v) is 14.3. The number of nitrogens with one attached hydrogen (secondary N) is 1. The Kier molecular flexibility index (Phi) is 6.84. The Labute approximate surface area is 135 Å². The van der Waals surface area contributed by atoms with E-state index in [0.717, 1.165) is 18.7 Å². The zero-order chi connectivity index (χ0) is 14.7. The highest BCUT2D eigenvalue weighted by molar-refractivity contribution is 7.83. The average molecular weight is 331 g/mol. The van der Waals surface area contributed by atoms with Gasteiger partial charge in [-0.25, -0.2) is 0 Å². The van der Waals surface area contributed by atoms with Crippen LogP contribution in [0.2, 0.25) is 0 Å². The van der Waals surface area contributed by atoms with Crippen molar-refractivity contribution in [3.8, 4) is 0 Å². The lowest BCUT2D eigenvalue weighted by Gasteiger charge is -2.38. The van der Waals surface area contributed by atoms with Crippen LogP contribution >= 0.6 is 12.4 Å². The van der Waals surface area contributed by atoms with Crippen LogP contribution in [-0.2, 0) is 16.6 Å². The summed E-state index contributed by atoms with van der Waals surface area (Å²) < 4.78 is 11.3. The van der Waals surface area contributed by atoms with Gasteiger partial charge in [0.25, 0.3) is 5.91 Å². The van der Waals surface area contributed by atoms with Crippen molar-refractivity contribution >= 4 is 29.1 Å². The number of halogens is 1. The summed E-state index contributed by atoms with van der Waals surface area (Å²) in [7, 11) is -0.890. The lowest BCUT2D eigenvalue weighted by atomic mass is 10.0. The predicted molar refractivity (Wildman–Crippen MR) is 89.4 cm³/mol. The second kappa shape index (κ2) is 7.92. The van der Waals surface area contributed by atoms with Crippen LogP contribution < -0.4 is 5.32 Å². The Morgan fingerprint density at radius 1 is 1.43 bits per heavy atom. The monoisotopic (exact) mass is 330 g/mol. The van der Waals surface area contributed by atoms with E-state index in [2.05, 4.69) is 19.2 Å². The van der Waals surface area contributed by atoms with Gasteiger partial charge >= 0.3 is 0 Å². The minimum atomic E-state index is -0.890. The van der Waals surface area contributed by atoms with E-state index < -0.39 is 10.8 Å². The minimum absolute atomic E-state index is 0. The van der Waals surface area contributed by atoms with Crippen LogP contribution in [0.3, 0.4) is 0 Å². The molecule has 1 aliphatic heterocycles. The molecule has 1 aromatic carbocycles. The van der Waals surface area contributed by atoms with E-state index in [1.54, 1.807) is 6.26 Å². The predicted octanol–water partition coefficient (Wildman–Crippen LogP) is 1.81. The summed E-state index contributed by atoms with van der Waals surface area (Å²) in [6, 6.07) is 7.97. The van der Waals surface area contributed by atoms with E-state index in [4.69, 9.17) is 0 Å². The topological polar surface area (TPSA) is 49.4 Å². The summed E-state index contributed by atoms with van der Waals surface area (Å²) in [4.78, 5) is 14.5. The molecule has 0 aromatic heterocycles. The molecule has 118 valence electrons. The molecule has 0 bridgehead atoms. The van der Waals surface area contributed by atoms with E-state index in [1.165, 1.54) is 0 Å². The maximum atomic E-state index is 12.6. The van der Waals surface area contributed by atoms with Gasteiger partial charge in [0, 0.05) is 53.5 Å². The molecule has 21 heavy (non-hydrogen) atoms. The Balaban J connectivity index is 0.00000220. The SMILES string of the molecule is CC1NCCN(C(=O)c2cccc(CS(C)=O)c2)C1C.Cl. The molecule has 0 spiro atoms. The fourth-order valence-corrected chi connectivity index (χ4v) is 3.19. The molecule has 1 saturated heterocycles. The van der Waals surface area contributed by atoms with Crippen molar-refractivity contribution in [3.05, 3.63) is 35.4 Å². The average Bonchev–Trinajstić information content (AvgIpc) is 2.41. The van der Waals surface area contributed by atoms with Gasteiger partial charge in [-0.15, -0.1) is 12.4 Å². The standard InChI is InChI=1S/C15H22N2O2S.ClH/c1-11-12(2)17(8-7-16-11)15(18)14-6-4-5-13(9-14)10-20(3)19;/h4-6,9,11-12,16H,7-8,10H2,1-3H3;1H. The molecule has 4 nitrogen and oxygen atoms in total. The highest BCUT2D eigenvalue weighted by atomic mass is 35.5. The first kappa shape index (κ1) is 18.1. The molecular weight excluding hydrogens is 308 g/mol. The van der Waals surface area contributed by atoms with Crippen LogP contribution in [0.25, 0.3) is 0 Å². The Hall–Kier alpha value is -0.910. The number of hydrogen-bond acceptors (Lipinski definition) is 3. The number of carbonyl (C=O) groups is 1. The van der Waals surface area contributed by atoms with Crippen LogP contribution in [0.4, 0.5) is 0 Å². The maximum absolute atomic E-state index is 12.6. The highest BCUT2D eigenvalue weighted by Crippen LogP contribution is 2.15. The van der Waals surface area contributed by atoms with Gasteiger partial charge in [-0.05, 0) is 31.5 Å². The largest absolute Gasteiger partial charge is 0.333 e. The number of benzene rings is 1. The van der Waals surface area contributed by atoms with Crippen molar-refractivity contribution in [1.82, 2.24) is 10.2 Å². The van der Waals surface area contributed by atoms with Gasteiger partial charge in [0.05, 0.1) is 0 Å². The molecule has 3 unspecified atom stereocenters. The fraction of sp³-hybridized carbons (Fsp3) is 0.533. The molecule has 0 radical (unpaired) electrons. The zero-order valence-electron chi connectivity index (χ0n) is 12.7. The molecule has 6 heteroatoms. The number of hydrogen-bond donors (Lipinski definition) is 1. The molecule has 1 aromatic rings. The number of rotatable bonds is 3. The molecule has 1 aliphatic rings. The summed E-state index contributed by atoms with van der Waals surface area (Å²) in [5.74, 6) is 0.559. The smallest absolute Gasteiger partial charge is 0.254 e. The van der Waals surface area contributed by atoms with E-state index in [9.17, 15) is 9.00 Å². The van der Waals surface area contributed by atoms with Gasteiger partial charge in [0.15, 0.2) is 0 Å². The van der Waals surface area contributed by atoms with Crippen molar-refractivity contribution < 1.29 is 9.00 Å². The number of piperazine rings is 1. The lowest BCUT2D eigenvalue weighted by Crippen LogP contribution is -2.57. The summed E-state index contributed by atoms with van der Waals surface area (Å²) in [6.45, 7) is 5.73. The van der Waals surface area contributed by atoms with Crippen LogP contribution in [0.5, 0.6) is 0 Å². The van der Waals surface area contributed by atoms with Crippen molar-refractivity contribution in [1.29, 1.82) is 0 Å². The van der Waals surface area contributed by atoms with E-state index >= 15 is 0 Å². The third-order valence-electron chi connectivity index (χ3n) is 3.84. The molecule has 0 saturated carbocycles. The van der Waals surface area contributed by atoms with Gasteiger partial charge in [-0.1, -0.05) is 12.1 Å². The molecule has 1 heterocycles. The van der Waals surface area contributed by atoms with Crippen LogP contribution in [0.15, 0.2) is 24.3 Å².